The van der Waals surface area contributed by atoms with E-state index in [-0.39, 0.29) is 0 Å². The van der Waals surface area contributed by atoms with Crippen LogP contribution >= 0.6 is 7.60 Å². The van der Waals surface area contributed by atoms with Gasteiger partial charge in [0, 0.05) is 19.1 Å². The molecule has 19 heavy (non-hydrogen) atoms. The zero-order chi connectivity index (χ0) is 14.5. The summed E-state index contributed by atoms with van der Waals surface area (Å²) < 4.78 is 27.1. The molecular weight excluding hydrogens is 273 g/mol. The van der Waals surface area contributed by atoms with E-state index in [0.29, 0.717) is 11.3 Å². The maximum absolute atomic E-state index is 12.4. The minimum absolute atomic E-state index is 0.504. The molecular formula is C11H16NO6P. The molecule has 1 aromatic rings. The summed E-state index contributed by atoms with van der Waals surface area (Å²) in [5, 5.41) is 10.7. The first-order valence-electron chi connectivity index (χ1n) is 5.43. The summed E-state index contributed by atoms with van der Waals surface area (Å²) in [7, 11) is 0.358. The van der Waals surface area contributed by atoms with Gasteiger partial charge in [0.15, 0.2) is 5.66 Å². The first-order chi connectivity index (χ1) is 8.96. The molecule has 0 spiro atoms. The molecule has 0 saturated heterocycles. The van der Waals surface area contributed by atoms with Gasteiger partial charge in [-0.25, -0.2) is 0 Å². The zero-order valence-corrected chi connectivity index (χ0v) is 11.8. The molecule has 0 heterocycles. The van der Waals surface area contributed by atoms with Crippen molar-refractivity contribution in [2.75, 3.05) is 27.9 Å². The fourth-order valence-electron chi connectivity index (χ4n) is 1.68. The number of nitro groups is 1. The monoisotopic (exact) mass is 289 g/mol. The zero-order valence-electron chi connectivity index (χ0n) is 10.9. The predicted molar refractivity (Wildman–Crippen MR) is 69.2 cm³/mol. The van der Waals surface area contributed by atoms with E-state index >= 15 is 0 Å². The Morgan fingerprint density at radius 3 is 2.11 bits per heavy atom. The van der Waals surface area contributed by atoms with Crippen molar-refractivity contribution in [1.82, 2.24) is 0 Å². The number of hydrogen-bond acceptors (Lipinski definition) is 6. The summed E-state index contributed by atoms with van der Waals surface area (Å²) in [5.41, 5.74) is -0.451. The summed E-state index contributed by atoms with van der Waals surface area (Å²) in [6.45, 7) is -0.536. The molecule has 0 aliphatic carbocycles. The van der Waals surface area contributed by atoms with E-state index in [1.807, 2.05) is 0 Å². The Hall–Kier alpha value is -1.43. The molecule has 0 aliphatic heterocycles. The Balaban J connectivity index is 3.15. The predicted octanol–water partition coefficient (Wildman–Crippen LogP) is 2.50. The van der Waals surface area contributed by atoms with Crippen LogP contribution in [0.15, 0.2) is 24.3 Å². The molecule has 0 aromatic heterocycles. The molecule has 0 N–H and O–H groups in total. The number of hydrogen-bond donors (Lipinski definition) is 0. The molecule has 8 heteroatoms. The van der Waals surface area contributed by atoms with Gasteiger partial charge in [-0.05, 0) is 17.7 Å². The van der Waals surface area contributed by atoms with Crippen molar-refractivity contribution in [2.24, 2.45) is 0 Å². The van der Waals surface area contributed by atoms with E-state index in [4.69, 9.17) is 13.8 Å². The second-order valence-electron chi connectivity index (χ2n) is 3.71. The maximum atomic E-state index is 12.4. The lowest BCUT2D eigenvalue weighted by Gasteiger charge is -2.21. The van der Waals surface area contributed by atoms with E-state index in [1.54, 1.807) is 24.3 Å². The topological polar surface area (TPSA) is 87.9 Å². The van der Waals surface area contributed by atoms with Crippen molar-refractivity contribution >= 4 is 7.60 Å². The van der Waals surface area contributed by atoms with Gasteiger partial charge in [-0.15, -0.1) is 0 Å². The normalized spacial score (nSPS) is 13.0. The summed E-state index contributed by atoms with van der Waals surface area (Å²) in [4.78, 5) is 10.2. The molecule has 0 saturated carbocycles. The molecule has 0 fully saturated rings. The Morgan fingerprint density at radius 2 is 1.74 bits per heavy atom. The fourth-order valence-corrected chi connectivity index (χ4v) is 3.21. The van der Waals surface area contributed by atoms with Crippen LogP contribution in [0, 0.1) is 10.1 Å². The van der Waals surface area contributed by atoms with Gasteiger partial charge in [0.2, 0.25) is 6.54 Å². The Bertz CT molecular complexity index is 467. The van der Waals surface area contributed by atoms with Gasteiger partial charge in [-0.2, -0.15) is 0 Å². The quantitative estimate of drug-likeness (QED) is 0.435. The lowest BCUT2D eigenvalue weighted by molar-refractivity contribution is -0.480. The third-order valence-corrected chi connectivity index (χ3v) is 4.96. The molecule has 106 valence electrons. The van der Waals surface area contributed by atoms with E-state index < -0.39 is 24.7 Å². The van der Waals surface area contributed by atoms with Crippen LogP contribution in [-0.2, 0) is 13.6 Å². The highest BCUT2D eigenvalue weighted by molar-refractivity contribution is 7.54. The average molecular weight is 289 g/mol. The van der Waals surface area contributed by atoms with Crippen molar-refractivity contribution in [1.29, 1.82) is 0 Å². The highest BCUT2D eigenvalue weighted by Crippen LogP contribution is 2.59. The molecule has 0 unspecified atom stereocenters. The number of benzene rings is 1. The van der Waals surface area contributed by atoms with Crippen LogP contribution < -0.4 is 4.74 Å². The first kappa shape index (κ1) is 15.6. The third kappa shape index (κ3) is 3.76. The summed E-state index contributed by atoms with van der Waals surface area (Å²) >= 11 is 0. The van der Waals surface area contributed by atoms with E-state index in [9.17, 15) is 14.7 Å². The molecule has 0 amide bonds. The standard InChI is InChI=1S/C11H16NO6P/c1-16-10-6-4-9(5-7-10)11(8-12(13)14)19(15,17-2)18-3/h4-7,11H,8H2,1-3H3/t11-/m1/s1. The van der Waals surface area contributed by atoms with E-state index in [2.05, 4.69) is 0 Å². The Kier molecular flexibility index (Phi) is 5.47. The van der Waals surface area contributed by atoms with Gasteiger partial charge in [0.05, 0.1) is 7.11 Å². The van der Waals surface area contributed by atoms with Gasteiger partial charge in [-0.3, -0.25) is 14.7 Å². The minimum Gasteiger partial charge on any atom is -0.497 e. The fraction of sp³-hybridized carbons (Fsp3) is 0.455. The largest absolute Gasteiger partial charge is 0.497 e. The second-order valence-corrected chi connectivity index (χ2v) is 6.14. The summed E-state index contributed by atoms with van der Waals surface area (Å²) in [5.74, 6) is 0.605. The molecule has 1 atom stereocenters. The first-order valence-corrected chi connectivity index (χ1v) is 7.05. The number of methoxy groups -OCH3 is 1. The van der Waals surface area contributed by atoms with Crippen LogP contribution in [0.5, 0.6) is 5.75 Å². The Labute approximate surface area is 111 Å². The molecule has 1 aromatic carbocycles. The van der Waals surface area contributed by atoms with Crippen LogP contribution in [0.1, 0.15) is 11.2 Å². The molecule has 0 aliphatic rings. The maximum Gasteiger partial charge on any atom is 0.344 e. The number of ether oxygens (including phenoxy) is 1. The van der Waals surface area contributed by atoms with Gasteiger partial charge in [0.1, 0.15) is 5.75 Å². The second kappa shape index (κ2) is 6.65. The Morgan fingerprint density at radius 1 is 1.21 bits per heavy atom. The molecule has 7 nitrogen and oxygen atoms in total. The number of nitrogens with zero attached hydrogens (tertiary/aromatic N) is 1. The van der Waals surface area contributed by atoms with Crippen molar-refractivity contribution in [3.05, 3.63) is 39.9 Å². The van der Waals surface area contributed by atoms with Crippen LogP contribution in [0.25, 0.3) is 0 Å². The third-order valence-electron chi connectivity index (χ3n) is 2.71. The highest BCUT2D eigenvalue weighted by Gasteiger charge is 2.39. The SMILES string of the molecule is COc1ccc([C@@H](C[N+](=O)[O-])P(=O)(OC)OC)cc1. The van der Waals surface area contributed by atoms with Gasteiger partial charge in [0.25, 0.3) is 0 Å². The van der Waals surface area contributed by atoms with Gasteiger partial charge < -0.3 is 13.8 Å². The van der Waals surface area contributed by atoms with Crippen molar-refractivity contribution in [2.45, 2.75) is 5.66 Å². The lowest BCUT2D eigenvalue weighted by Crippen LogP contribution is -2.14. The summed E-state index contributed by atoms with van der Waals surface area (Å²) in [6.07, 6.45) is 0. The van der Waals surface area contributed by atoms with Crippen molar-refractivity contribution < 1.29 is 23.3 Å². The average Bonchev–Trinajstić information content (AvgIpc) is 2.44. The van der Waals surface area contributed by atoms with Gasteiger partial charge >= 0.3 is 7.60 Å². The van der Waals surface area contributed by atoms with Crippen molar-refractivity contribution in [3.8, 4) is 5.75 Å². The van der Waals surface area contributed by atoms with Crippen LogP contribution in [0.4, 0.5) is 0 Å². The molecule has 1 rings (SSSR count). The van der Waals surface area contributed by atoms with Crippen LogP contribution in [0.3, 0.4) is 0 Å². The minimum atomic E-state index is -3.57. The molecule has 0 radical (unpaired) electrons. The number of rotatable bonds is 7. The van der Waals surface area contributed by atoms with Crippen LogP contribution in [-0.4, -0.2) is 32.8 Å². The lowest BCUT2D eigenvalue weighted by atomic mass is 10.1. The van der Waals surface area contributed by atoms with E-state index in [1.165, 1.54) is 21.3 Å². The molecule has 0 bridgehead atoms. The summed E-state index contributed by atoms with van der Waals surface area (Å²) in [6, 6.07) is 6.49. The van der Waals surface area contributed by atoms with Crippen molar-refractivity contribution in [3.63, 3.8) is 0 Å². The van der Waals surface area contributed by atoms with Gasteiger partial charge in [-0.1, -0.05) is 12.1 Å². The highest BCUT2D eigenvalue weighted by atomic mass is 31.2. The van der Waals surface area contributed by atoms with Crippen LogP contribution in [0.2, 0.25) is 0 Å². The van der Waals surface area contributed by atoms with E-state index in [0.717, 1.165) is 0 Å². The smallest absolute Gasteiger partial charge is 0.344 e.